The number of nitrogens with one attached hydrogen (secondary N) is 1. The van der Waals surface area contributed by atoms with Gasteiger partial charge in [0.25, 0.3) is 5.91 Å². The number of alkyl halides is 1. The number of phenolic OH excluding ortho intramolecular Hbond substituents is 1. The largest absolute Gasteiger partial charge is 0.508 e. The van der Waals surface area contributed by atoms with Gasteiger partial charge >= 0.3 is 0 Å². The molecule has 0 spiro atoms. The molecule has 6 heteroatoms. The van der Waals surface area contributed by atoms with Gasteiger partial charge in [-0.2, -0.15) is 0 Å². The number of aryl methyl sites for hydroxylation is 1. The number of carbonyl (C=O) groups is 1. The molecule has 0 saturated carbocycles. The van der Waals surface area contributed by atoms with E-state index in [9.17, 15) is 9.90 Å². The maximum atomic E-state index is 13.9. The van der Waals surface area contributed by atoms with Crippen LogP contribution in [0.1, 0.15) is 27.5 Å². The van der Waals surface area contributed by atoms with Crippen molar-refractivity contribution in [1.29, 1.82) is 0 Å². The van der Waals surface area contributed by atoms with Crippen molar-refractivity contribution in [3.63, 3.8) is 0 Å². The van der Waals surface area contributed by atoms with E-state index in [0.717, 1.165) is 55.4 Å². The van der Waals surface area contributed by atoms with E-state index in [2.05, 4.69) is 23.2 Å². The normalized spacial score (nSPS) is 15.0. The molecule has 1 atom stereocenters. The number of nitrogens with zero attached hydrogens (tertiary/aromatic N) is 1. The molecule has 0 aliphatic carbocycles. The van der Waals surface area contributed by atoms with Crippen LogP contribution in [-0.2, 0) is 0 Å². The Balaban J connectivity index is 1.52. The maximum Gasteiger partial charge on any atom is 0.274 e. The monoisotopic (exact) mass is 496 g/mol. The highest BCUT2D eigenvalue weighted by atomic mass is 35.5. The molecule has 1 aromatic heterocycles. The zero-order valence-electron chi connectivity index (χ0n) is 20.0. The molecule has 0 fully saturated rings. The molecule has 0 saturated heterocycles. The lowest BCUT2D eigenvalue weighted by Gasteiger charge is -2.19. The van der Waals surface area contributed by atoms with Gasteiger partial charge in [0.05, 0.1) is 7.11 Å². The van der Waals surface area contributed by atoms with Crippen LogP contribution in [0.25, 0.3) is 32.8 Å². The van der Waals surface area contributed by atoms with Crippen molar-refractivity contribution in [2.75, 3.05) is 24.4 Å². The van der Waals surface area contributed by atoms with Crippen LogP contribution in [0.4, 0.5) is 5.69 Å². The van der Waals surface area contributed by atoms with Crippen molar-refractivity contribution in [3.05, 3.63) is 89.6 Å². The predicted octanol–water partition coefficient (Wildman–Crippen LogP) is 6.99. The number of ether oxygens (including phenoxy) is 1. The minimum atomic E-state index is -0.0952. The first-order valence-electron chi connectivity index (χ1n) is 11.9. The van der Waals surface area contributed by atoms with E-state index in [1.165, 1.54) is 0 Å². The first kappa shape index (κ1) is 22.5. The summed E-state index contributed by atoms with van der Waals surface area (Å²) in [6.45, 7) is 2.40. The topological polar surface area (TPSA) is 65.6 Å². The zero-order chi connectivity index (χ0) is 25.0. The first-order chi connectivity index (χ1) is 17.5. The molecule has 5 aromatic rings. The standard InChI is InChI=1S/C30H25ClN2O3/c1-17-11-18(7-10-28(17)34)24-14-27-29(23-6-4-3-5-22(23)24)20(15-31)16-33(27)30(35)26-13-19-12-21(36-2)8-9-25(19)32-26/h3-14,20,32,34H,15-16H2,1-2H3. The Labute approximate surface area is 213 Å². The molecule has 4 aromatic carbocycles. The van der Waals surface area contributed by atoms with Crippen LogP contribution in [0.3, 0.4) is 0 Å². The highest BCUT2D eigenvalue weighted by molar-refractivity contribution is 6.19. The van der Waals surface area contributed by atoms with E-state index in [4.69, 9.17) is 16.3 Å². The molecule has 0 radical (unpaired) electrons. The van der Waals surface area contributed by atoms with Crippen LogP contribution in [0.2, 0.25) is 0 Å². The van der Waals surface area contributed by atoms with Crippen molar-refractivity contribution >= 4 is 44.9 Å². The molecule has 6 rings (SSSR count). The van der Waals surface area contributed by atoms with Crippen LogP contribution in [0.15, 0.2) is 72.8 Å². The van der Waals surface area contributed by atoms with Gasteiger partial charge in [0.1, 0.15) is 17.2 Å². The minimum Gasteiger partial charge on any atom is -0.508 e. The number of phenols is 1. The minimum absolute atomic E-state index is 0.0237. The molecule has 36 heavy (non-hydrogen) atoms. The first-order valence-corrected chi connectivity index (χ1v) is 12.4. The summed E-state index contributed by atoms with van der Waals surface area (Å²) in [6.07, 6.45) is 0. The fourth-order valence-corrected chi connectivity index (χ4v) is 5.58. The summed E-state index contributed by atoms with van der Waals surface area (Å²) in [7, 11) is 1.63. The van der Waals surface area contributed by atoms with E-state index < -0.39 is 0 Å². The number of anilines is 1. The summed E-state index contributed by atoms with van der Waals surface area (Å²) >= 11 is 6.46. The van der Waals surface area contributed by atoms with Gasteiger partial charge in [-0.3, -0.25) is 4.79 Å². The Hall–Kier alpha value is -3.96. The number of H-pyrrole nitrogens is 1. The smallest absolute Gasteiger partial charge is 0.274 e. The van der Waals surface area contributed by atoms with Crippen molar-refractivity contribution in [2.24, 2.45) is 0 Å². The van der Waals surface area contributed by atoms with Crippen molar-refractivity contribution < 1.29 is 14.6 Å². The third-order valence-corrected chi connectivity index (χ3v) is 7.54. The molecule has 2 heterocycles. The highest BCUT2D eigenvalue weighted by Crippen LogP contribution is 2.46. The summed E-state index contributed by atoms with van der Waals surface area (Å²) in [5.74, 6) is 1.36. The average molecular weight is 497 g/mol. The molecular formula is C30H25ClN2O3. The molecule has 1 aliphatic heterocycles. The third-order valence-electron chi connectivity index (χ3n) is 7.16. The summed E-state index contributed by atoms with van der Waals surface area (Å²) in [5.41, 5.74) is 6.19. The summed E-state index contributed by atoms with van der Waals surface area (Å²) in [6, 6.07) is 23.6. The average Bonchev–Trinajstić information content (AvgIpc) is 3.50. The van der Waals surface area contributed by atoms with Crippen LogP contribution in [0, 0.1) is 6.92 Å². The number of benzene rings is 4. The number of carbonyl (C=O) groups excluding carboxylic acids is 1. The number of halogens is 1. The molecule has 1 amide bonds. The number of amides is 1. The molecule has 1 unspecified atom stereocenters. The fourth-order valence-electron chi connectivity index (χ4n) is 5.32. The zero-order valence-corrected chi connectivity index (χ0v) is 20.8. The van der Waals surface area contributed by atoms with Crippen LogP contribution >= 0.6 is 11.6 Å². The van der Waals surface area contributed by atoms with Gasteiger partial charge in [-0.15, -0.1) is 11.6 Å². The molecule has 5 nitrogen and oxygen atoms in total. The van der Waals surface area contributed by atoms with Gasteiger partial charge in [0, 0.05) is 34.9 Å². The number of hydrogen-bond acceptors (Lipinski definition) is 3. The number of rotatable bonds is 4. The van der Waals surface area contributed by atoms with Gasteiger partial charge < -0.3 is 19.7 Å². The van der Waals surface area contributed by atoms with Crippen molar-refractivity contribution in [3.8, 4) is 22.6 Å². The summed E-state index contributed by atoms with van der Waals surface area (Å²) < 4.78 is 5.34. The van der Waals surface area contributed by atoms with Crippen molar-refractivity contribution in [1.82, 2.24) is 4.98 Å². The van der Waals surface area contributed by atoms with Crippen LogP contribution in [-0.4, -0.2) is 35.5 Å². The number of aromatic hydroxyl groups is 1. The number of hydrogen-bond donors (Lipinski definition) is 2. The molecule has 180 valence electrons. The van der Waals surface area contributed by atoms with E-state index in [1.54, 1.807) is 13.2 Å². The van der Waals surface area contributed by atoms with Gasteiger partial charge in [-0.25, -0.2) is 0 Å². The van der Waals surface area contributed by atoms with Crippen molar-refractivity contribution in [2.45, 2.75) is 12.8 Å². The molecule has 2 N–H and O–H groups in total. The SMILES string of the molecule is COc1ccc2[nH]c(C(=O)N3CC(CCl)c4c3cc(-c3ccc(O)c(C)c3)c3ccccc43)cc2c1. The lowest BCUT2D eigenvalue weighted by atomic mass is 9.90. The number of aromatic nitrogens is 1. The van der Waals surface area contributed by atoms with E-state index >= 15 is 0 Å². The summed E-state index contributed by atoms with van der Waals surface area (Å²) in [4.78, 5) is 19.0. The third kappa shape index (κ3) is 3.50. The molecular weight excluding hydrogens is 472 g/mol. The highest BCUT2D eigenvalue weighted by Gasteiger charge is 2.35. The van der Waals surface area contributed by atoms with Gasteiger partial charge in [-0.1, -0.05) is 30.3 Å². The quantitative estimate of drug-likeness (QED) is 0.263. The Bertz CT molecular complexity index is 1660. The molecule has 0 bridgehead atoms. The second-order valence-electron chi connectivity index (χ2n) is 9.31. The Morgan fingerprint density at radius 3 is 2.64 bits per heavy atom. The van der Waals surface area contributed by atoms with Gasteiger partial charge in [-0.05, 0) is 82.4 Å². The number of aromatic amines is 1. The maximum absolute atomic E-state index is 13.9. The van der Waals surface area contributed by atoms with Gasteiger partial charge in [0.15, 0.2) is 0 Å². The second-order valence-corrected chi connectivity index (χ2v) is 9.62. The van der Waals surface area contributed by atoms with E-state index in [-0.39, 0.29) is 17.6 Å². The molecule has 1 aliphatic rings. The lowest BCUT2D eigenvalue weighted by Crippen LogP contribution is -2.30. The van der Waals surface area contributed by atoms with E-state index in [1.807, 2.05) is 60.4 Å². The predicted molar refractivity (Wildman–Crippen MR) is 146 cm³/mol. The Kier molecular flexibility index (Phi) is 5.38. The van der Waals surface area contributed by atoms with Crippen LogP contribution in [0.5, 0.6) is 11.5 Å². The van der Waals surface area contributed by atoms with E-state index in [0.29, 0.717) is 18.1 Å². The second kappa shape index (κ2) is 8.61. The fraction of sp³-hybridized carbons (Fsp3) is 0.167. The van der Waals surface area contributed by atoms with Gasteiger partial charge in [0.2, 0.25) is 0 Å². The lowest BCUT2D eigenvalue weighted by molar-refractivity contribution is 0.0984. The van der Waals surface area contributed by atoms with Crippen LogP contribution < -0.4 is 9.64 Å². The Morgan fingerprint density at radius 2 is 1.89 bits per heavy atom. The number of fused-ring (bicyclic) bond motifs is 4. The summed E-state index contributed by atoms with van der Waals surface area (Å²) in [5, 5.41) is 13.2. The Morgan fingerprint density at radius 1 is 1.08 bits per heavy atom. The number of methoxy groups -OCH3 is 1.